The van der Waals surface area contributed by atoms with Crippen molar-refractivity contribution in [1.82, 2.24) is 4.98 Å². The molecule has 0 aliphatic heterocycles. The van der Waals surface area contributed by atoms with Gasteiger partial charge in [0.1, 0.15) is 0 Å². The van der Waals surface area contributed by atoms with Crippen LogP contribution >= 0.6 is 23.2 Å². The first-order valence-electron chi connectivity index (χ1n) is 5.69. The summed E-state index contributed by atoms with van der Waals surface area (Å²) in [6, 6.07) is 8.92. The van der Waals surface area contributed by atoms with Crippen molar-refractivity contribution >= 4 is 39.0 Å². The second-order valence-corrected chi connectivity index (χ2v) is 6.63. The number of hydrogen-bond acceptors (Lipinski definition) is 4. The molecule has 0 saturated carbocycles. The third kappa shape index (κ3) is 3.45. The molecule has 2 aromatic rings. The third-order valence-corrected chi connectivity index (χ3v) is 4.62. The predicted molar refractivity (Wildman–Crippen MR) is 81.0 cm³/mol. The number of benzene rings is 1. The maximum absolute atomic E-state index is 12.3. The number of nitrogens with one attached hydrogen (secondary N) is 1. The van der Waals surface area contributed by atoms with E-state index >= 15 is 0 Å². The fourth-order valence-electron chi connectivity index (χ4n) is 1.55. The first kappa shape index (κ1) is 15.6. The zero-order valence-electron chi connectivity index (χ0n) is 10.8. The smallest absolute Gasteiger partial charge is 0.262 e. The Labute approximate surface area is 132 Å². The van der Waals surface area contributed by atoms with Crippen molar-refractivity contribution in [2.45, 2.75) is 11.8 Å². The fraction of sp³-hybridized carbons (Fsp3) is 0.0769. The lowest BCUT2D eigenvalue weighted by Crippen LogP contribution is -2.14. The molecule has 0 amide bonds. The Bertz CT molecular complexity index is 845. The van der Waals surface area contributed by atoms with Crippen LogP contribution < -0.4 is 4.72 Å². The van der Waals surface area contributed by atoms with E-state index in [2.05, 4.69) is 9.71 Å². The lowest BCUT2D eigenvalue weighted by Gasteiger charge is -2.10. The van der Waals surface area contributed by atoms with Crippen LogP contribution in [0, 0.1) is 18.3 Å². The maximum Gasteiger partial charge on any atom is 0.263 e. The Morgan fingerprint density at radius 1 is 1.24 bits per heavy atom. The summed E-state index contributed by atoms with van der Waals surface area (Å²) in [7, 11) is -3.89. The number of rotatable bonds is 3. The lowest BCUT2D eigenvalue weighted by molar-refractivity contribution is 0.601. The molecule has 0 atom stereocenters. The van der Waals surface area contributed by atoms with E-state index in [1.54, 1.807) is 6.92 Å². The molecule has 0 aliphatic carbocycles. The van der Waals surface area contributed by atoms with Crippen molar-refractivity contribution in [3.05, 3.63) is 51.6 Å². The Kier molecular flexibility index (Phi) is 4.37. The van der Waals surface area contributed by atoms with Gasteiger partial charge in [0.25, 0.3) is 10.0 Å². The normalized spacial score (nSPS) is 11.0. The Balaban J connectivity index is 2.42. The van der Waals surface area contributed by atoms with Crippen LogP contribution in [0.3, 0.4) is 0 Å². The van der Waals surface area contributed by atoms with Gasteiger partial charge in [-0.15, -0.1) is 0 Å². The van der Waals surface area contributed by atoms with Gasteiger partial charge in [0.15, 0.2) is 5.82 Å². The molecule has 0 aliphatic rings. The van der Waals surface area contributed by atoms with Crippen LogP contribution in [0.15, 0.2) is 35.2 Å². The van der Waals surface area contributed by atoms with Crippen molar-refractivity contribution in [1.29, 1.82) is 5.26 Å². The van der Waals surface area contributed by atoms with Crippen LogP contribution in [-0.2, 0) is 10.0 Å². The highest BCUT2D eigenvalue weighted by Crippen LogP contribution is 2.27. The molecule has 1 heterocycles. The van der Waals surface area contributed by atoms with Crippen molar-refractivity contribution < 1.29 is 8.42 Å². The minimum Gasteiger partial charge on any atom is -0.262 e. The molecular weight excluding hydrogens is 333 g/mol. The number of sulfonamides is 1. The van der Waals surface area contributed by atoms with Crippen LogP contribution in [0.4, 0.5) is 5.82 Å². The quantitative estimate of drug-likeness (QED) is 0.927. The Hall–Kier alpha value is -1.81. The van der Waals surface area contributed by atoms with Crippen LogP contribution in [0.5, 0.6) is 0 Å². The second-order valence-electron chi connectivity index (χ2n) is 4.13. The molecule has 108 valence electrons. The number of aryl methyl sites for hydroxylation is 1. The summed E-state index contributed by atoms with van der Waals surface area (Å²) in [5, 5.41) is 9.25. The van der Waals surface area contributed by atoms with E-state index in [1.165, 1.54) is 30.3 Å². The minimum atomic E-state index is -3.89. The zero-order valence-corrected chi connectivity index (χ0v) is 13.1. The molecule has 0 unspecified atom stereocenters. The number of nitriles is 1. The van der Waals surface area contributed by atoms with Crippen LogP contribution in [0.25, 0.3) is 0 Å². The van der Waals surface area contributed by atoms with Gasteiger partial charge in [-0.3, -0.25) is 4.72 Å². The first-order valence-corrected chi connectivity index (χ1v) is 7.93. The molecule has 1 N–H and O–H groups in total. The summed E-state index contributed by atoms with van der Waals surface area (Å²) >= 11 is 11.8. The lowest BCUT2D eigenvalue weighted by atomic mass is 10.2. The highest BCUT2D eigenvalue weighted by atomic mass is 35.5. The molecular formula is C13H9Cl2N3O2S. The Morgan fingerprint density at radius 2 is 1.95 bits per heavy atom. The van der Waals surface area contributed by atoms with Crippen molar-refractivity contribution in [2.75, 3.05) is 4.72 Å². The van der Waals surface area contributed by atoms with Gasteiger partial charge in [-0.25, -0.2) is 13.4 Å². The van der Waals surface area contributed by atoms with E-state index in [1.807, 2.05) is 6.07 Å². The number of anilines is 1. The maximum atomic E-state index is 12.3. The SMILES string of the molecule is Cc1nc(NS(=O)(=O)c2cccc(C#N)c2)c(Cl)cc1Cl. The topological polar surface area (TPSA) is 82.8 Å². The van der Waals surface area contributed by atoms with Gasteiger partial charge < -0.3 is 0 Å². The van der Waals surface area contributed by atoms with E-state index in [4.69, 9.17) is 28.5 Å². The van der Waals surface area contributed by atoms with E-state index in [9.17, 15) is 8.42 Å². The molecule has 0 spiro atoms. The molecule has 0 radical (unpaired) electrons. The standard InChI is InChI=1S/C13H9Cl2N3O2S/c1-8-11(14)6-12(15)13(17-8)18-21(19,20)10-4-2-3-9(5-10)7-16/h2-6H,1H3,(H,17,18). The van der Waals surface area contributed by atoms with Gasteiger partial charge in [-0.2, -0.15) is 5.26 Å². The van der Waals surface area contributed by atoms with E-state index in [0.29, 0.717) is 10.7 Å². The number of aromatic nitrogens is 1. The van der Waals surface area contributed by atoms with E-state index in [0.717, 1.165) is 0 Å². The van der Waals surface area contributed by atoms with Crippen molar-refractivity contribution in [2.24, 2.45) is 0 Å². The van der Waals surface area contributed by atoms with Gasteiger partial charge in [-0.1, -0.05) is 29.3 Å². The Morgan fingerprint density at radius 3 is 2.62 bits per heavy atom. The fourth-order valence-corrected chi connectivity index (χ4v) is 3.08. The molecule has 8 heteroatoms. The molecule has 21 heavy (non-hydrogen) atoms. The molecule has 0 bridgehead atoms. The molecule has 0 fully saturated rings. The molecule has 1 aromatic heterocycles. The minimum absolute atomic E-state index is 0.0130. The van der Waals surface area contributed by atoms with Gasteiger partial charge in [0, 0.05) is 0 Å². The number of halogens is 2. The molecule has 2 rings (SSSR count). The van der Waals surface area contributed by atoms with E-state index < -0.39 is 10.0 Å². The number of nitrogens with zero attached hydrogens (tertiary/aromatic N) is 2. The molecule has 1 aromatic carbocycles. The predicted octanol–water partition coefficient (Wildman–Crippen LogP) is 3.37. The van der Waals surface area contributed by atoms with Gasteiger partial charge in [0.05, 0.1) is 32.3 Å². The average molecular weight is 342 g/mol. The van der Waals surface area contributed by atoms with Gasteiger partial charge in [0.2, 0.25) is 0 Å². The summed E-state index contributed by atoms with van der Waals surface area (Å²) in [6.45, 7) is 1.63. The van der Waals surface area contributed by atoms with Crippen LogP contribution in [-0.4, -0.2) is 13.4 Å². The summed E-state index contributed by atoms with van der Waals surface area (Å²) in [5.41, 5.74) is 0.689. The summed E-state index contributed by atoms with van der Waals surface area (Å²) in [6.07, 6.45) is 0. The van der Waals surface area contributed by atoms with Crippen LogP contribution in [0.1, 0.15) is 11.3 Å². The van der Waals surface area contributed by atoms with Crippen LogP contribution in [0.2, 0.25) is 10.0 Å². The summed E-state index contributed by atoms with van der Waals surface area (Å²) < 4.78 is 26.8. The van der Waals surface area contributed by atoms with E-state index in [-0.39, 0.29) is 21.3 Å². The summed E-state index contributed by atoms with van der Waals surface area (Å²) in [4.78, 5) is 3.96. The largest absolute Gasteiger partial charge is 0.263 e. The molecule has 0 saturated heterocycles. The summed E-state index contributed by atoms with van der Waals surface area (Å²) in [5.74, 6) is -0.0130. The molecule has 5 nitrogen and oxygen atoms in total. The van der Waals surface area contributed by atoms with Crippen molar-refractivity contribution in [3.63, 3.8) is 0 Å². The average Bonchev–Trinajstić information content (AvgIpc) is 2.44. The number of pyridine rings is 1. The van der Waals surface area contributed by atoms with Gasteiger partial charge >= 0.3 is 0 Å². The highest BCUT2D eigenvalue weighted by molar-refractivity contribution is 7.92. The number of hydrogen-bond donors (Lipinski definition) is 1. The highest BCUT2D eigenvalue weighted by Gasteiger charge is 2.18. The first-order chi connectivity index (χ1) is 9.83. The van der Waals surface area contributed by atoms with Crippen molar-refractivity contribution in [3.8, 4) is 6.07 Å². The third-order valence-electron chi connectivity index (χ3n) is 2.61. The van der Waals surface area contributed by atoms with Gasteiger partial charge in [-0.05, 0) is 31.2 Å². The zero-order chi connectivity index (χ0) is 15.6. The second kappa shape index (κ2) is 5.90. The monoisotopic (exact) mass is 341 g/mol.